The van der Waals surface area contributed by atoms with Crippen LogP contribution in [-0.2, 0) is 6.42 Å². The fourth-order valence-electron chi connectivity index (χ4n) is 2.63. The molecule has 1 aliphatic heterocycles. The minimum Gasteiger partial charge on any atom is -0.492 e. The van der Waals surface area contributed by atoms with Crippen molar-refractivity contribution in [3.05, 3.63) is 29.3 Å². The lowest BCUT2D eigenvalue weighted by molar-refractivity contribution is 0.0784. The van der Waals surface area contributed by atoms with E-state index in [9.17, 15) is 4.79 Å². The van der Waals surface area contributed by atoms with Crippen molar-refractivity contribution in [3.63, 3.8) is 0 Å². The van der Waals surface area contributed by atoms with Crippen LogP contribution < -0.4 is 10.5 Å². The Morgan fingerprint density at radius 1 is 1.39 bits per heavy atom. The van der Waals surface area contributed by atoms with E-state index in [1.165, 1.54) is 0 Å². The van der Waals surface area contributed by atoms with E-state index in [1.54, 1.807) is 0 Å². The van der Waals surface area contributed by atoms with Gasteiger partial charge in [-0.25, -0.2) is 0 Å². The fourth-order valence-corrected chi connectivity index (χ4v) is 2.63. The topological polar surface area (TPSA) is 52.3 Å². The van der Waals surface area contributed by atoms with Gasteiger partial charge in [0.25, 0.3) is 0 Å². The predicted molar refractivity (Wildman–Crippen MR) is 72.0 cm³/mol. The molecule has 2 rings (SSSR count). The Hall–Kier alpha value is -1.35. The average Bonchev–Trinajstić information content (AvgIpc) is 2.89. The number of Topliss-reactive ketones (excluding diaryl/α,β-unsaturated/α-hetero) is 1. The number of rotatable bonds is 5. The Morgan fingerprint density at radius 2 is 2.11 bits per heavy atom. The molecule has 3 nitrogen and oxygen atoms in total. The van der Waals surface area contributed by atoms with Gasteiger partial charge in [-0.15, -0.1) is 0 Å². The average molecular weight is 247 g/mol. The number of carbonyl (C=O) groups is 1. The molecule has 0 amide bonds. The van der Waals surface area contributed by atoms with Crippen molar-refractivity contribution in [1.29, 1.82) is 0 Å². The summed E-state index contributed by atoms with van der Waals surface area (Å²) in [6.07, 6.45) is 2.43. The first kappa shape index (κ1) is 13.1. The summed E-state index contributed by atoms with van der Waals surface area (Å²) in [6, 6.07) is 5.83. The Labute approximate surface area is 108 Å². The van der Waals surface area contributed by atoms with Crippen LogP contribution in [-0.4, -0.2) is 18.9 Å². The van der Waals surface area contributed by atoms with Crippen molar-refractivity contribution in [3.8, 4) is 5.75 Å². The van der Waals surface area contributed by atoms with Gasteiger partial charge in [0.2, 0.25) is 0 Å². The van der Waals surface area contributed by atoms with Crippen LogP contribution in [0.2, 0.25) is 0 Å². The molecule has 1 aromatic rings. The molecule has 0 spiro atoms. The minimum atomic E-state index is -0.443. The van der Waals surface area contributed by atoms with E-state index in [0.717, 1.165) is 30.6 Å². The molecule has 0 radical (unpaired) electrons. The molecule has 2 N–H and O–H groups in total. The highest BCUT2D eigenvalue weighted by atomic mass is 16.5. The summed E-state index contributed by atoms with van der Waals surface area (Å²) in [5.41, 5.74) is 7.25. The van der Waals surface area contributed by atoms with E-state index in [2.05, 4.69) is 0 Å². The van der Waals surface area contributed by atoms with Gasteiger partial charge in [-0.05, 0) is 24.5 Å². The molecule has 0 fully saturated rings. The highest BCUT2D eigenvalue weighted by molar-refractivity contribution is 6.03. The quantitative estimate of drug-likeness (QED) is 0.814. The zero-order valence-corrected chi connectivity index (χ0v) is 11.2. The van der Waals surface area contributed by atoms with E-state index >= 15 is 0 Å². The number of ketones is 1. The highest BCUT2D eigenvalue weighted by Gasteiger charge is 2.36. The predicted octanol–water partition coefficient (Wildman–Crippen LogP) is 2.57. The van der Waals surface area contributed by atoms with E-state index in [-0.39, 0.29) is 5.78 Å². The van der Waals surface area contributed by atoms with Crippen molar-refractivity contribution in [2.75, 3.05) is 13.2 Å². The zero-order chi connectivity index (χ0) is 13.2. The summed E-state index contributed by atoms with van der Waals surface area (Å²) in [5, 5.41) is 0. The highest BCUT2D eigenvalue weighted by Crippen LogP contribution is 2.36. The van der Waals surface area contributed by atoms with Gasteiger partial charge in [-0.3, -0.25) is 4.79 Å². The van der Waals surface area contributed by atoms with Crippen LogP contribution in [0.4, 0.5) is 0 Å². The van der Waals surface area contributed by atoms with Gasteiger partial charge >= 0.3 is 0 Å². The standard InChI is InChI=1S/C15H21NO2/c1-3-15(4-2,10-16)14(17)12-7-5-6-11-8-9-18-13(11)12/h5-7H,3-4,8-10,16H2,1-2H3. The van der Waals surface area contributed by atoms with Gasteiger partial charge in [0.15, 0.2) is 5.78 Å². The molecule has 1 aliphatic rings. The fraction of sp³-hybridized carbons (Fsp3) is 0.533. The van der Waals surface area contributed by atoms with E-state index in [0.29, 0.717) is 18.7 Å². The lowest BCUT2D eigenvalue weighted by Crippen LogP contribution is -2.37. The van der Waals surface area contributed by atoms with E-state index < -0.39 is 5.41 Å². The van der Waals surface area contributed by atoms with Crippen molar-refractivity contribution in [2.24, 2.45) is 11.1 Å². The molecule has 98 valence electrons. The number of hydrogen-bond donors (Lipinski definition) is 1. The molecule has 0 atom stereocenters. The minimum absolute atomic E-state index is 0.133. The zero-order valence-electron chi connectivity index (χ0n) is 11.2. The van der Waals surface area contributed by atoms with Crippen LogP contribution >= 0.6 is 0 Å². The monoisotopic (exact) mass is 247 g/mol. The molecule has 0 unspecified atom stereocenters. The summed E-state index contributed by atoms with van der Waals surface area (Å²) >= 11 is 0. The van der Waals surface area contributed by atoms with Gasteiger partial charge in [0.1, 0.15) is 5.75 Å². The molecule has 0 saturated heterocycles. The molecular weight excluding hydrogens is 226 g/mol. The summed E-state index contributed by atoms with van der Waals surface area (Å²) in [7, 11) is 0. The number of fused-ring (bicyclic) bond motifs is 1. The SMILES string of the molecule is CCC(CC)(CN)C(=O)c1cccc2c1OCC2. The summed E-state index contributed by atoms with van der Waals surface area (Å²) in [4.78, 5) is 12.8. The van der Waals surface area contributed by atoms with Gasteiger partial charge in [-0.2, -0.15) is 0 Å². The van der Waals surface area contributed by atoms with Gasteiger partial charge in [0.05, 0.1) is 12.2 Å². The normalized spacial score (nSPS) is 14.2. The molecule has 1 heterocycles. The molecule has 3 heteroatoms. The molecule has 0 bridgehead atoms. The second kappa shape index (κ2) is 5.11. The third-order valence-corrected chi connectivity index (χ3v) is 4.18. The van der Waals surface area contributed by atoms with Crippen molar-refractivity contribution < 1.29 is 9.53 Å². The van der Waals surface area contributed by atoms with Gasteiger partial charge in [0, 0.05) is 18.4 Å². The Morgan fingerprint density at radius 3 is 2.72 bits per heavy atom. The van der Waals surface area contributed by atoms with Crippen LogP contribution in [0.1, 0.15) is 42.6 Å². The largest absolute Gasteiger partial charge is 0.492 e. The first-order valence-electron chi connectivity index (χ1n) is 6.68. The first-order chi connectivity index (χ1) is 8.68. The smallest absolute Gasteiger partial charge is 0.173 e. The lowest BCUT2D eigenvalue weighted by atomic mass is 9.75. The number of nitrogens with two attached hydrogens (primary N) is 1. The lowest BCUT2D eigenvalue weighted by Gasteiger charge is -2.29. The van der Waals surface area contributed by atoms with Crippen LogP contribution in [0.15, 0.2) is 18.2 Å². The van der Waals surface area contributed by atoms with Crippen LogP contribution in [0.3, 0.4) is 0 Å². The maximum Gasteiger partial charge on any atom is 0.173 e. The molecule has 1 aromatic carbocycles. The number of ether oxygens (including phenoxy) is 1. The van der Waals surface area contributed by atoms with Gasteiger partial charge in [-0.1, -0.05) is 26.0 Å². The van der Waals surface area contributed by atoms with Crippen LogP contribution in [0, 0.1) is 5.41 Å². The number of hydrogen-bond acceptors (Lipinski definition) is 3. The van der Waals surface area contributed by atoms with Crippen molar-refractivity contribution in [1.82, 2.24) is 0 Å². The molecule has 0 saturated carbocycles. The number of carbonyl (C=O) groups excluding carboxylic acids is 1. The number of benzene rings is 1. The Bertz CT molecular complexity index is 442. The van der Waals surface area contributed by atoms with E-state index in [4.69, 9.17) is 10.5 Å². The Kier molecular flexibility index (Phi) is 3.71. The molecule has 0 aromatic heterocycles. The maximum absolute atomic E-state index is 12.8. The van der Waals surface area contributed by atoms with Crippen molar-refractivity contribution in [2.45, 2.75) is 33.1 Å². The molecule has 18 heavy (non-hydrogen) atoms. The van der Waals surface area contributed by atoms with E-state index in [1.807, 2.05) is 32.0 Å². The second-order valence-corrected chi connectivity index (χ2v) is 4.91. The maximum atomic E-state index is 12.8. The summed E-state index contributed by atoms with van der Waals surface area (Å²) in [5.74, 6) is 0.913. The second-order valence-electron chi connectivity index (χ2n) is 4.91. The number of para-hydroxylation sites is 1. The Balaban J connectivity index is 2.43. The summed E-state index contributed by atoms with van der Waals surface area (Å²) < 4.78 is 5.62. The third kappa shape index (κ3) is 1.93. The summed E-state index contributed by atoms with van der Waals surface area (Å²) in [6.45, 7) is 5.12. The van der Waals surface area contributed by atoms with Crippen LogP contribution in [0.25, 0.3) is 0 Å². The first-order valence-corrected chi connectivity index (χ1v) is 6.68. The molecular formula is C15H21NO2. The molecule has 0 aliphatic carbocycles. The van der Waals surface area contributed by atoms with Crippen molar-refractivity contribution >= 4 is 5.78 Å². The van der Waals surface area contributed by atoms with Gasteiger partial charge < -0.3 is 10.5 Å². The third-order valence-electron chi connectivity index (χ3n) is 4.18. The van der Waals surface area contributed by atoms with Crippen LogP contribution in [0.5, 0.6) is 5.75 Å².